The van der Waals surface area contributed by atoms with Crippen molar-refractivity contribution in [2.45, 2.75) is 13.8 Å². The van der Waals surface area contributed by atoms with Crippen molar-refractivity contribution in [3.63, 3.8) is 0 Å². The Morgan fingerprint density at radius 1 is 1.43 bits per heavy atom. The summed E-state index contributed by atoms with van der Waals surface area (Å²) in [5.41, 5.74) is 1.08. The van der Waals surface area contributed by atoms with Crippen LogP contribution in [0.15, 0.2) is 24.3 Å². The van der Waals surface area contributed by atoms with Crippen molar-refractivity contribution in [3.05, 3.63) is 56.4 Å². The molecular weight excluding hydrogens is 294 g/mol. The topological polar surface area (TPSA) is 89.0 Å². The van der Waals surface area contributed by atoms with Gasteiger partial charge in [0.1, 0.15) is 17.4 Å². The average molecular weight is 304 g/mol. The molecule has 0 N–H and O–H groups in total. The number of rotatable bonds is 3. The molecule has 0 amide bonds. The maximum atomic E-state index is 11.0. The van der Waals surface area contributed by atoms with Crippen molar-refractivity contribution >= 4 is 17.3 Å². The third-order valence-corrected chi connectivity index (χ3v) is 3.06. The molecule has 0 aliphatic rings. The van der Waals surface area contributed by atoms with Crippen molar-refractivity contribution < 1.29 is 9.66 Å². The number of aromatic nitrogens is 1. The van der Waals surface area contributed by atoms with Gasteiger partial charge in [0, 0.05) is 17.8 Å². The van der Waals surface area contributed by atoms with E-state index in [9.17, 15) is 15.4 Å². The summed E-state index contributed by atoms with van der Waals surface area (Å²) in [6.45, 7) is 3.40. The molecule has 21 heavy (non-hydrogen) atoms. The number of nitro benzene ring substituents is 1. The third-order valence-electron chi connectivity index (χ3n) is 2.76. The quantitative estimate of drug-likeness (QED) is 0.633. The van der Waals surface area contributed by atoms with Crippen LogP contribution in [0, 0.1) is 35.3 Å². The maximum absolute atomic E-state index is 11.0. The minimum atomic E-state index is -0.589. The molecule has 0 saturated carbocycles. The van der Waals surface area contributed by atoms with Crippen LogP contribution in [0.5, 0.6) is 11.5 Å². The number of benzene rings is 1. The number of nitriles is 1. The zero-order chi connectivity index (χ0) is 15.6. The Balaban J connectivity index is 2.59. The molecule has 0 unspecified atom stereocenters. The normalized spacial score (nSPS) is 10.0. The van der Waals surface area contributed by atoms with E-state index >= 15 is 0 Å². The molecule has 106 valence electrons. The van der Waals surface area contributed by atoms with E-state index in [1.165, 1.54) is 18.2 Å². The van der Waals surface area contributed by atoms with Crippen LogP contribution < -0.4 is 4.74 Å². The Morgan fingerprint density at radius 3 is 2.76 bits per heavy atom. The predicted octanol–water partition coefficient (Wildman–Crippen LogP) is 3.92. The van der Waals surface area contributed by atoms with Crippen molar-refractivity contribution in [2.75, 3.05) is 0 Å². The summed E-state index contributed by atoms with van der Waals surface area (Å²) in [6, 6.07) is 7.75. The molecule has 0 radical (unpaired) electrons. The fourth-order valence-electron chi connectivity index (χ4n) is 1.86. The highest BCUT2D eigenvalue weighted by atomic mass is 35.5. The third kappa shape index (κ3) is 2.93. The second-order valence-electron chi connectivity index (χ2n) is 4.28. The van der Waals surface area contributed by atoms with Gasteiger partial charge in [0.15, 0.2) is 0 Å². The van der Waals surface area contributed by atoms with Gasteiger partial charge in [-0.25, -0.2) is 0 Å². The summed E-state index contributed by atoms with van der Waals surface area (Å²) < 4.78 is 5.55. The fourth-order valence-corrected chi connectivity index (χ4v) is 2.07. The van der Waals surface area contributed by atoms with Crippen molar-refractivity contribution in [2.24, 2.45) is 0 Å². The van der Waals surface area contributed by atoms with E-state index in [4.69, 9.17) is 16.3 Å². The van der Waals surface area contributed by atoms with Crippen LogP contribution in [0.25, 0.3) is 0 Å². The molecule has 0 fully saturated rings. The summed E-state index contributed by atoms with van der Waals surface area (Å²) in [5.74, 6) is 0.101. The zero-order valence-electron chi connectivity index (χ0n) is 11.3. The number of aryl methyl sites for hydroxylation is 2. The number of hydrogen-bond acceptors (Lipinski definition) is 5. The minimum Gasteiger partial charge on any atom is -0.447 e. The Kier molecular flexibility index (Phi) is 4.05. The SMILES string of the molecule is Cc1cc(Oc2c(Cl)cccc2[N+](=O)[O-])c(C#N)c(C)n1. The van der Waals surface area contributed by atoms with Gasteiger partial charge in [0.25, 0.3) is 0 Å². The van der Waals surface area contributed by atoms with Gasteiger partial charge in [0.2, 0.25) is 5.75 Å². The van der Waals surface area contributed by atoms with E-state index in [0.717, 1.165) is 0 Å². The molecule has 0 bridgehead atoms. The van der Waals surface area contributed by atoms with E-state index in [-0.39, 0.29) is 27.8 Å². The first kappa shape index (κ1) is 14.8. The van der Waals surface area contributed by atoms with E-state index < -0.39 is 4.92 Å². The van der Waals surface area contributed by atoms with Gasteiger partial charge < -0.3 is 4.74 Å². The van der Waals surface area contributed by atoms with Gasteiger partial charge >= 0.3 is 5.69 Å². The molecule has 2 rings (SSSR count). The molecule has 6 nitrogen and oxygen atoms in total. The van der Waals surface area contributed by atoms with Gasteiger partial charge in [-0.3, -0.25) is 15.1 Å². The lowest BCUT2D eigenvalue weighted by Gasteiger charge is -2.11. The summed E-state index contributed by atoms with van der Waals surface area (Å²) >= 11 is 5.97. The highest BCUT2D eigenvalue weighted by molar-refractivity contribution is 6.32. The second-order valence-corrected chi connectivity index (χ2v) is 4.69. The molecule has 7 heteroatoms. The lowest BCUT2D eigenvalue weighted by molar-refractivity contribution is -0.385. The number of nitro groups is 1. The number of hydrogen-bond donors (Lipinski definition) is 0. The number of pyridine rings is 1. The van der Waals surface area contributed by atoms with Crippen LogP contribution in [0.1, 0.15) is 17.0 Å². The Morgan fingerprint density at radius 2 is 2.14 bits per heavy atom. The smallest absolute Gasteiger partial charge is 0.313 e. The van der Waals surface area contributed by atoms with Crippen LogP contribution in [0.2, 0.25) is 5.02 Å². The summed E-state index contributed by atoms with van der Waals surface area (Å²) in [6.07, 6.45) is 0. The van der Waals surface area contributed by atoms with E-state index in [0.29, 0.717) is 11.4 Å². The Labute approximate surface area is 125 Å². The molecule has 0 aliphatic carbocycles. The van der Waals surface area contributed by atoms with Crippen molar-refractivity contribution in [1.82, 2.24) is 4.98 Å². The van der Waals surface area contributed by atoms with Crippen LogP contribution in [0.4, 0.5) is 5.69 Å². The molecule has 0 saturated heterocycles. The highest BCUT2D eigenvalue weighted by Crippen LogP contribution is 2.39. The van der Waals surface area contributed by atoms with Gasteiger partial charge in [-0.2, -0.15) is 5.26 Å². The van der Waals surface area contributed by atoms with Crippen LogP contribution in [-0.4, -0.2) is 9.91 Å². The Bertz CT molecular complexity index is 769. The van der Waals surface area contributed by atoms with Gasteiger partial charge in [-0.15, -0.1) is 0 Å². The van der Waals surface area contributed by atoms with E-state index in [1.54, 1.807) is 19.9 Å². The molecule has 0 spiro atoms. The number of para-hydroxylation sites is 1. The molecule has 1 heterocycles. The standard InChI is InChI=1S/C14H10ClN3O3/c1-8-6-13(10(7-16)9(2)17-8)21-14-11(15)4-3-5-12(14)18(19)20/h3-6H,1-2H3. The summed E-state index contributed by atoms with van der Waals surface area (Å²) in [4.78, 5) is 14.6. The predicted molar refractivity (Wildman–Crippen MR) is 76.6 cm³/mol. The molecule has 1 aromatic heterocycles. The van der Waals surface area contributed by atoms with Crippen molar-refractivity contribution in [1.29, 1.82) is 5.26 Å². The highest BCUT2D eigenvalue weighted by Gasteiger charge is 2.21. The first-order valence-electron chi connectivity index (χ1n) is 5.93. The molecule has 2 aromatic rings. The first-order valence-corrected chi connectivity index (χ1v) is 6.31. The maximum Gasteiger partial charge on any atom is 0.313 e. The molecule has 0 atom stereocenters. The summed E-state index contributed by atoms with van der Waals surface area (Å²) in [7, 11) is 0. The minimum absolute atomic E-state index is 0.0920. The van der Waals surface area contributed by atoms with E-state index in [1.807, 2.05) is 6.07 Å². The van der Waals surface area contributed by atoms with Gasteiger partial charge in [-0.1, -0.05) is 17.7 Å². The fraction of sp³-hybridized carbons (Fsp3) is 0.143. The number of ether oxygens (including phenoxy) is 1. The van der Waals surface area contributed by atoms with Crippen LogP contribution >= 0.6 is 11.6 Å². The lowest BCUT2D eigenvalue weighted by Crippen LogP contribution is -1.99. The molecule has 0 aliphatic heterocycles. The first-order chi connectivity index (χ1) is 9.93. The Hall–Kier alpha value is -2.65. The van der Waals surface area contributed by atoms with Crippen molar-refractivity contribution in [3.8, 4) is 17.6 Å². The number of nitrogens with zero attached hydrogens (tertiary/aromatic N) is 3. The zero-order valence-corrected chi connectivity index (χ0v) is 12.0. The summed E-state index contributed by atoms with van der Waals surface area (Å²) in [5, 5.41) is 20.3. The van der Waals surface area contributed by atoms with Gasteiger partial charge in [-0.05, 0) is 19.9 Å². The monoisotopic (exact) mass is 303 g/mol. The second kappa shape index (κ2) is 5.77. The van der Waals surface area contributed by atoms with Gasteiger partial charge in [0.05, 0.1) is 15.6 Å². The van der Waals surface area contributed by atoms with Crippen LogP contribution in [0.3, 0.4) is 0 Å². The lowest BCUT2D eigenvalue weighted by atomic mass is 10.2. The molecule has 1 aromatic carbocycles. The average Bonchev–Trinajstić information content (AvgIpc) is 2.40. The largest absolute Gasteiger partial charge is 0.447 e. The van der Waals surface area contributed by atoms with E-state index in [2.05, 4.69) is 4.98 Å². The van der Waals surface area contributed by atoms with Crippen LogP contribution in [-0.2, 0) is 0 Å². The number of halogens is 1. The molecular formula is C14H10ClN3O3.